The van der Waals surface area contributed by atoms with Crippen LogP contribution in [0.25, 0.3) is 10.8 Å². The molecule has 0 saturated heterocycles. The van der Waals surface area contributed by atoms with Crippen molar-refractivity contribution in [1.29, 1.82) is 0 Å². The number of hydrogen-bond donors (Lipinski definition) is 1. The number of anilines is 1. The predicted octanol–water partition coefficient (Wildman–Crippen LogP) is 3.50. The van der Waals surface area contributed by atoms with Gasteiger partial charge in [-0.05, 0) is 24.6 Å². The third-order valence-electron chi connectivity index (χ3n) is 6.53. The normalized spacial score (nSPS) is 20.4. The number of amides is 4. The third kappa shape index (κ3) is 3.52. The fraction of sp³-hybridized carbons (Fsp3) is 0.391. The highest BCUT2D eigenvalue weighted by Crippen LogP contribution is 2.55. The van der Waals surface area contributed by atoms with Gasteiger partial charge in [0.2, 0.25) is 0 Å². The third-order valence-corrected chi connectivity index (χ3v) is 6.53. The van der Waals surface area contributed by atoms with Crippen molar-refractivity contribution in [2.24, 2.45) is 0 Å². The molecule has 0 unspecified atom stereocenters. The molecule has 0 spiro atoms. The molecule has 4 amide bonds. The van der Waals surface area contributed by atoms with Gasteiger partial charge in [-0.25, -0.2) is 34.6 Å². The first kappa shape index (κ1) is 23.9. The summed E-state index contributed by atoms with van der Waals surface area (Å²) in [7, 11) is 4.74. The van der Waals surface area contributed by atoms with Gasteiger partial charge in [0.15, 0.2) is 0 Å². The Hall–Kier alpha value is -4.22. The quantitative estimate of drug-likeness (QED) is 0.479. The van der Waals surface area contributed by atoms with Crippen molar-refractivity contribution in [3.63, 3.8) is 0 Å². The Bertz CT molecular complexity index is 1190. The molecule has 0 radical (unpaired) electrons. The van der Waals surface area contributed by atoms with Crippen LogP contribution in [-0.2, 0) is 24.5 Å². The second kappa shape index (κ2) is 9.20. The van der Waals surface area contributed by atoms with Crippen molar-refractivity contribution in [2.45, 2.75) is 30.8 Å². The zero-order chi connectivity index (χ0) is 25.3. The number of hydrazine groups is 2. The van der Waals surface area contributed by atoms with Crippen molar-refractivity contribution in [3.8, 4) is 0 Å². The summed E-state index contributed by atoms with van der Waals surface area (Å²) in [6.45, 7) is 0. The molecule has 12 nitrogen and oxygen atoms in total. The van der Waals surface area contributed by atoms with E-state index in [1.807, 2.05) is 18.2 Å². The highest BCUT2D eigenvalue weighted by atomic mass is 16.6. The van der Waals surface area contributed by atoms with E-state index in [4.69, 9.17) is 18.9 Å². The Morgan fingerprint density at radius 3 is 2.31 bits per heavy atom. The maximum Gasteiger partial charge on any atom is 0.433 e. The van der Waals surface area contributed by atoms with Crippen LogP contribution in [0.3, 0.4) is 0 Å². The summed E-state index contributed by atoms with van der Waals surface area (Å²) in [5.41, 5.74) is 1.98. The van der Waals surface area contributed by atoms with Crippen LogP contribution in [0.1, 0.15) is 24.8 Å². The first-order valence-corrected chi connectivity index (χ1v) is 10.9. The maximum atomic E-state index is 13.2. The molecule has 2 aliphatic rings. The first-order chi connectivity index (χ1) is 16.8. The maximum absolute atomic E-state index is 13.2. The summed E-state index contributed by atoms with van der Waals surface area (Å²) >= 11 is 0. The van der Waals surface area contributed by atoms with E-state index in [9.17, 15) is 19.2 Å². The fourth-order valence-electron chi connectivity index (χ4n) is 5.17. The SMILES string of the molecule is COC(=O)NN(C(=O)OC)[C@]12CCC[C@H]1N(C(=O)OC)N(C(=O)OC)c1c2ccc2ccccc12. The van der Waals surface area contributed by atoms with Crippen LogP contribution in [0.4, 0.5) is 24.9 Å². The van der Waals surface area contributed by atoms with Crippen LogP contribution in [0, 0.1) is 0 Å². The van der Waals surface area contributed by atoms with Gasteiger partial charge in [-0.1, -0.05) is 36.4 Å². The summed E-state index contributed by atoms with van der Waals surface area (Å²) in [6.07, 6.45) is -2.17. The number of rotatable bonds is 1. The topological polar surface area (TPSA) is 127 Å². The van der Waals surface area contributed by atoms with Gasteiger partial charge in [-0.3, -0.25) is 0 Å². The monoisotopic (exact) mass is 486 g/mol. The van der Waals surface area contributed by atoms with Crippen LogP contribution in [0.15, 0.2) is 36.4 Å². The Morgan fingerprint density at radius 2 is 1.66 bits per heavy atom. The molecule has 1 heterocycles. The second-order valence-electron chi connectivity index (χ2n) is 8.02. The van der Waals surface area contributed by atoms with E-state index in [1.54, 1.807) is 18.2 Å². The highest BCUT2D eigenvalue weighted by molar-refractivity contribution is 6.05. The molecule has 4 rings (SSSR count). The van der Waals surface area contributed by atoms with Gasteiger partial charge < -0.3 is 18.9 Å². The summed E-state index contributed by atoms with van der Waals surface area (Å²) in [5, 5.41) is 4.71. The van der Waals surface area contributed by atoms with Crippen LogP contribution >= 0.6 is 0 Å². The molecule has 12 heteroatoms. The van der Waals surface area contributed by atoms with Crippen molar-refractivity contribution in [2.75, 3.05) is 33.4 Å². The number of carbonyl (C=O) groups is 4. The molecule has 1 aliphatic heterocycles. The Balaban J connectivity index is 2.11. The average molecular weight is 486 g/mol. The molecule has 1 N–H and O–H groups in total. The van der Waals surface area contributed by atoms with Gasteiger partial charge in [0.25, 0.3) is 0 Å². The first-order valence-electron chi connectivity index (χ1n) is 10.9. The highest BCUT2D eigenvalue weighted by Gasteiger charge is 2.62. The largest absolute Gasteiger partial charge is 0.452 e. The molecule has 35 heavy (non-hydrogen) atoms. The number of benzene rings is 2. The molecule has 1 aliphatic carbocycles. The molecule has 2 aromatic rings. The molecular formula is C23H26N4O8. The van der Waals surface area contributed by atoms with Crippen LogP contribution in [-0.4, -0.2) is 68.9 Å². The molecular weight excluding hydrogens is 460 g/mol. The van der Waals surface area contributed by atoms with Crippen molar-refractivity contribution in [3.05, 3.63) is 42.0 Å². The van der Waals surface area contributed by atoms with E-state index in [-0.39, 0.29) is 0 Å². The van der Waals surface area contributed by atoms with E-state index in [2.05, 4.69) is 5.43 Å². The van der Waals surface area contributed by atoms with E-state index in [0.717, 1.165) is 27.5 Å². The minimum Gasteiger partial charge on any atom is -0.452 e. The summed E-state index contributed by atoms with van der Waals surface area (Å²) < 4.78 is 19.9. The van der Waals surface area contributed by atoms with Crippen molar-refractivity contribution in [1.82, 2.24) is 15.4 Å². The number of methoxy groups -OCH3 is 4. The lowest BCUT2D eigenvalue weighted by Crippen LogP contribution is -2.71. The van der Waals surface area contributed by atoms with Gasteiger partial charge in [0.05, 0.1) is 40.2 Å². The molecule has 2 atom stereocenters. The summed E-state index contributed by atoms with van der Waals surface area (Å²) in [5.74, 6) is 0. The number of nitrogens with zero attached hydrogens (tertiary/aromatic N) is 3. The van der Waals surface area contributed by atoms with Crippen LogP contribution < -0.4 is 10.4 Å². The van der Waals surface area contributed by atoms with Gasteiger partial charge in [-0.15, -0.1) is 0 Å². The zero-order valence-electron chi connectivity index (χ0n) is 19.8. The lowest BCUT2D eigenvalue weighted by Gasteiger charge is -2.53. The lowest BCUT2D eigenvalue weighted by molar-refractivity contribution is -0.0244. The minimum absolute atomic E-state index is 0.319. The number of fused-ring (bicyclic) bond motifs is 5. The molecule has 1 fully saturated rings. The smallest absolute Gasteiger partial charge is 0.433 e. The molecule has 1 saturated carbocycles. The van der Waals surface area contributed by atoms with E-state index in [0.29, 0.717) is 35.9 Å². The number of hydrogen-bond acceptors (Lipinski definition) is 8. The standard InChI is InChI=1S/C23H26N4O8/c1-32-19(28)24-27(22(31)35-4)23-13-7-10-17(23)25(20(29)33-2)26(21(30)34-3)18-15-9-6-5-8-14(15)11-12-16(18)23/h5-6,8-9,11-12,17H,7,10,13H2,1-4H3,(H,24,28)/t17-,23+/m1/s1. The van der Waals surface area contributed by atoms with E-state index < -0.39 is 36.0 Å². The Labute approximate surface area is 201 Å². The van der Waals surface area contributed by atoms with Crippen LogP contribution in [0.2, 0.25) is 0 Å². The molecule has 0 bridgehead atoms. The molecule has 2 aromatic carbocycles. The number of ether oxygens (including phenoxy) is 4. The number of carbonyl (C=O) groups excluding carboxylic acids is 4. The van der Waals surface area contributed by atoms with Gasteiger partial charge in [0.1, 0.15) is 5.54 Å². The van der Waals surface area contributed by atoms with Crippen molar-refractivity contribution < 1.29 is 38.1 Å². The minimum atomic E-state index is -1.32. The van der Waals surface area contributed by atoms with E-state index in [1.165, 1.54) is 21.3 Å². The van der Waals surface area contributed by atoms with Gasteiger partial charge >= 0.3 is 24.4 Å². The zero-order valence-corrected chi connectivity index (χ0v) is 19.8. The summed E-state index contributed by atoms with van der Waals surface area (Å²) in [4.78, 5) is 51.7. The lowest BCUT2D eigenvalue weighted by atomic mass is 9.79. The predicted molar refractivity (Wildman–Crippen MR) is 122 cm³/mol. The van der Waals surface area contributed by atoms with Gasteiger partial charge in [0, 0.05) is 10.9 Å². The van der Waals surface area contributed by atoms with Crippen LogP contribution in [0.5, 0.6) is 0 Å². The summed E-state index contributed by atoms with van der Waals surface area (Å²) in [6, 6.07) is 10.1. The van der Waals surface area contributed by atoms with Gasteiger partial charge in [-0.2, -0.15) is 5.01 Å². The molecule has 186 valence electrons. The second-order valence-corrected chi connectivity index (χ2v) is 8.02. The van der Waals surface area contributed by atoms with E-state index >= 15 is 0 Å². The Kier molecular flexibility index (Phi) is 6.29. The Morgan fingerprint density at radius 1 is 0.943 bits per heavy atom. The average Bonchev–Trinajstić information content (AvgIpc) is 3.34. The van der Waals surface area contributed by atoms with Crippen molar-refractivity contribution >= 4 is 40.8 Å². The fourth-order valence-corrected chi connectivity index (χ4v) is 5.17. The number of nitrogens with one attached hydrogen (secondary N) is 1. The molecule has 0 aromatic heterocycles.